The SMILES string of the molecule is CC1CNC(CC(=O)O)CN(C2CCCCC2)C1. The van der Waals surface area contributed by atoms with E-state index in [1.807, 2.05) is 0 Å². The van der Waals surface area contributed by atoms with E-state index in [0.29, 0.717) is 12.0 Å². The van der Waals surface area contributed by atoms with Crippen molar-refractivity contribution in [1.82, 2.24) is 10.2 Å². The second-order valence-electron chi connectivity index (χ2n) is 6.05. The van der Waals surface area contributed by atoms with Crippen LogP contribution in [0, 0.1) is 5.92 Å². The van der Waals surface area contributed by atoms with Gasteiger partial charge in [-0.1, -0.05) is 26.2 Å². The molecule has 0 aromatic heterocycles. The number of hydrogen-bond donors (Lipinski definition) is 2. The Hall–Kier alpha value is -0.610. The Labute approximate surface area is 110 Å². The summed E-state index contributed by atoms with van der Waals surface area (Å²) in [7, 11) is 0. The molecule has 2 fully saturated rings. The number of carbonyl (C=O) groups is 1. The summed E-state index contributed by atoms with van der Waals surface area (Å²) in [6.45, 7) is 5.22. The van der Waals surface area contributed by atoms with Gasteiger partial charge < -0.3 is 10.4 Å². The minimum absolute atomic E-state index is 0.120. The lowest BCUT2D eigenvalue weighted by Gasteiger charge is -2.35. The highest BCUT2D eigenvalue weighted by Crippen LogP contribution is 2.24. The molecule has 4 heteroatoms. The number of carboxylic acids is 1. The largest absolute Gasteiger partial charge is 0.481 e. The van der Waals surface area contributed by atoms with Crippen molar-refractivity contribution in [3.05, 3.63) is 0 Å². The van der Waals surface area contributed by atoms with Crippen molar-refractivity contribution in [2.24, 2.45) is 5.92 Å². The molecular formula is C14H26N2O2. The van der Waals surface area contributed by atoms with Gasteiger partial charge in [0.2, 0.25) is 0 Å². The smallest absolute Gasteiger partial charge is 0.304 e. The summed E-state index contributed by atoms with van der Waals surface area (Å²) in [6.07, 6.45) is 6.89. The Bertz CT molecular complexity index is 277. The van der Waals surface area contributed by atoms with Crippen LogP contribution in [-0.4, -0.2) is 47.7 Å². The molecule has 0 aromatic rings. The third-order valence-corrected chi connectivity index (χ3v) is 4.27. The number of carboxylic acid groups (broad SMARTS) is 1. The van der Waals surface area contributed by atoms with Gasteiger partial charge >= 0.3 is 5.97 Å². The van der Waals surface area contributed by atoms with Crippen LogP contribution in [0.25, 0.3) is 0 Å². The molecule has 18 heavy (non-hydrogen) atoms. The molecule has 0 aromatic carbocycles. The third kappa shape index (κ3) is 3.95. The zero-order valence-electron chi connectivity index (χ0n) is 11.4. The van der Waals surface area contributed by atoms with Crippen LogP contribution in [0.2, 0.25) is 0 Å². The molecule has 1 saturated heterocycles. The van der Waals surface area contributed by atoms with Crippen LogP contribution in [0.1, 0.15) is 45.4 Å². The van der Waals surface area contributed by atoms with Gasteiger partial charge in [0.25, 0.3) is 0 Å². The van der Waals surface area contributed by atoms with Crippen LogP contribution in [0.15, 0.2) is 0 Å². The van der Waals surface area contributed by atoms with E-state index in [1.165, 1.54) is 32.1 Å². The molecule has 104 valence electrons. The van der Waals surface area contributed by atoms with E-state index in [-0.39, 0.29) is 12.5 Å². The topological polar surface area (TPSA) is 52.6 Å². The maximum absolute atomic E-state index is 10.9. The Morgan fingerprint density at radius 1 is 1.28 bits per heavy atom. The standard InChI is InChI=1S/C14H26N2O2/c1-11-8-15-12(7-14(17)18)10-16(9-11)13-5-3-2-4-6-13/h11-13,15H,2-10H2,1H3,(H,17,18). The normalized spacial score (nSPS) is 32.1. The summed E-state index contributed by atoms with van der Waals surface area (Å²) in [4.78, 5) is 13.4. The lowest BCUT2D eigenvalue weighted by atomic mass is 9.93. The maximum atomic E-state index is 10.9. The first kappa shape index (κ1) is 13.8. The zero-order chi connectivity index (χ0) is 13.0. The molecule has 2 atom stereocenters. The number of nitrogens with one attached hydrogen (secondary N) is 1. The van der Waals surface area contributed by atoms with Gasteiger partial charge in [-0.25, -0.2) is 0 Å². The summed E-state index contributed by atoms with van der Waals surface area (Å²) in [5, 5.41) is 12.4. The Kier molecular flexibility index (Phi) is 5.01. The van der Waals surface area contributed by atoms with E-state index in [4.69, 9.17) is 5.11 Å². The monoisotopic (exact) mass is 254 g/mol. The highest BCUT2D eigenvalue weighted by atomic mass is 16.4. The van der Waals surface area contributed by atoms with E-state index in [0.717, 1.165) is 19.6 Å². The van der Waals surface area contributed by atoms with Crippen molar-refractivity contribution in [2.45, 2.75) is 57.5 Å². The van der Waals surface area contributed by atoms with E-state index >= 15 is 0 Å². The van der Waals surface area contributed by atoms with Gasteiger partial charge in [0.15, 0.2) is 0 Å². The second kappa shape index (κ2) is 6.53. The van der Waals surface area contributed by atoms with E-state index in [2.05, 4.69) is 17.1 Å². The molecule has 2 unspecified atom stereocenters. The summed E-state index contributed by atoms with van der Waals surface area (Å²) >= 11 is 0. The van der Waals surface area contributed by atoms with Crippen molar-refractivity contribution in [3.63, 3.8) is 0 Å². The van der Waals surface area contributed by atoms with Gasteiger partial charge in [-0.05, 0) is 25.3 Å². The van der Waals surface area contributed by atoms with Crippen molar-refractivity contribution in [3.8, 4) is 0 Å². The maximum Gasteiger partial charge on any atom is 0.304 e. The zero-order valence-corrected chi connectivity index (χ0v) is 11.4. The fourth-order valence-corrected chi connectivity index (χ4v) is 3.35. The van der Waals surface area contributed by atoms with Crippen molar-refractivity contribution in [1.29, 1.82) is 0 Å². The number of nitrogens with zero attached hydrogens (tertiary/aromatic N) is 1. The van der Waals surface area contributed by atoms with Crippen LogP contribution in [0.3, 0.4) is 0 Å². The predicted molar refractivity (Wildman–Crippen MR) is 71.7 cm³/mol. The predicted octanol–water partition coefficient (Wildman–Crippen LogP) is 1.70. The van der Waals surface area contributed by atoms with Gasteiger partial charge in [-0.15, -0.1) is 0 Å². The first-order valence-corrected chi connectivity index (χ1v) is 7.34. The summed E-state index contributed by atoms with van der Waals surface area (Å²) in [5.41, 5.74) is 0. The molecule has 2 aliphatic rings. The van der Waals surface area contributed by atoms with Crippen LogP contribution in [0.5, 0.6) is 0 Å². The van der Waals surface area contributed by atoms with Crippen molar-refractivity contribution in [2.75, 3.05) is 19.6 Å². The molecule has 0 bridgehead atoms. The summed E-state index contributed by atoms with van der Waals surface area (Å²) < 4.78 is 0. The van der Waals surface area contributed by atoms with Gasteiger partial charge in [0.1, 0.15) is 0 Å². The Balaban J connectivity index is 1.95. The number of hydrogen-bond acceptors (Lipinski definition) is 3. The molecule has 2 N–H and O–H groups in total. The fraction of sp³-hybridized carbons (Fsp3) is 0.929. The molecule has 0 amide bonds. The first-order chi connectivity index (χ1) is 8.65. The summed E-state index contributed by atoms with van der Waals surface area (Å²) in [6, 6.07) is 0.812. The highest BCUT2D eigenvalue weighted by molar-refractivity contribution is 5.67. The van der Waals surface area contributed by atoms with Crippen LogP contribution in [0.4, 0.5) is 0 Å². The minimum Gasteiger partial charge on any atom is -0.481 e. The molecule has 0 spiro atoms. The van der Waals surface area contributed by atoms with Crippen LogP contribution in [-0.2, 0) is 4.79 Å². The van der Waals surface area contributed by atoms with Crippen molar-refractivity contribution < 1.29 is 9.90 Å². The molecule has 0 radical (unpaired) electrons. The molecule has 1 saturated carbocycles. The molecule has 4 nitrogen and oxygen atoms in total. The van der Waals surface area contributed by atoms with Crippen LogP contribution < -0.4 is 5.32 Å². The molecule has 1 aliphatic heterocycles. The Morgan fingerprint density at radius 2 is 2.00 bits per heavy atom. The fourth-order valence-electron chi connectivity index (χ4n) is 3.35. The number of aliphatic carboxylic acids is 1. The lowest BCUT2D eigenvalue weighted by Crippen LogP contribution is -2.44. The molecule has 1 aliphatic carbocycles. The van der Waals surface area contributed by atoms with E-state index < -0.39 is 5.97 Å². The quantitative estimate of drug-likeness (QED) is 0.805. The molecular weight excluding hydrogens is 228 g/mol. The average molecular weight is 254 g/mol. The van der Waals surface area contributed by atoms with Crippen LogP contribution >= 0.6 is 0 Å². The minimum atomic E-state index is -0.689. The molecule has 2 rings (SSSR count). The Morgan fingerprint density at radius 3 is 2.67 bits per heavy atom. The average Bonchev–Trinajstić information content (AvgIpc) is 2.52. The molecule has 1 heterocycles. The van der Waals surface area contributed by atoms with Gasteiger partial charge in [0, 0.05) is 25.2 Å². The first-order valence-electron chi connectivity index (χ1n) is 7.34. The summed E-state index contributed by atoms with van der Waals surface area (Å²) in [5.74, 6) is -0.0728. The van der Waals surface area contributed by atoms with E-state index in [9.17, 15) is 4.79 Å². The number of rotatable bonds is 3. The van der Waals surface area contributed by atoms with Gasteiger partial charge in [-0.3, -0.25) is 9.69 Å². The van der Waals surface area contributed by atoms with Gasteiger partial charge in [0.05, 0.1) is 6.42 Å². The lowest BCUT2D eigenvalue weighted by molar-refractivity contribution is -0.137. The van der Waals surface area contributed by atoms with Crippen molar-refractivity contribution >= 4 is 5.97 Å². The van der Waals surface area contributed by atoms with Gasteiger partial charge in [-0.2, -0.15) is 0 Å². The third-order valence-electron chi connectivity index (χ3n) is 4.27. The highest BCUT2D eigenvalue weighted by Gasteiger charge is 2.28. The second-order valence-corrected chi connectivity index (χ2v) is 6.05. The van der Waals surface area contributed by atoms with E-state index in [1.54, 1.807) is 0 Å².